The maximum Gasteiger partial charge on any atom is 0.244 e. The monoisotopic (exact) mass is 603 g/mol. The first-order valence-electron chi connectivity index (χ1n) is 12.8. The molecule has 0 saturated heterocycles. The number of nitrogens with one attached hydrogen (secondary N) is 1. The molecule has 3 rings (SSSR count). The van der Waals surface area contributed by atoms with E-state index in [1.54, 1.807) is 0 Å². The van der Waals surface area contributed by atoms with Crippen LogP contribution in [0, 0.1) is 6.92 Å². The van der Waals surface area contributed by atoms with E-state index in [-0.39, 0.29) is 29.6 Å². The predicted molar refractivity (Wildman–Crippen MR) is 162 cm³/mol. The minimum Gasteiger partial charge on any atom is -0.350 e. The van der Waals surface area contributed by atoms with E-state index in [4.69, 9.17) is 23.2 Å². The molecule has 0 radical (unpaired) electrons. The van der Waals surface area contributed by atoms with Gasteiger partial charge in [-0.15, -0.1) is 0 Å². The van der Waals surface area contributed by atoms with Crippen LogP contribution in [0.5, 0.6) is 0 Å². The third-order valence-corrected chi connectivity index (χ3v) is 7.76. The van der Waals surface area contributed by atoms with Crippen molar-refractivity contribution in [2.45, 2.75) is 52.2 Å². The van der Waals surface area contributed by atoms with Gasteiger partial charge in [-0.05, 0) is 57.0 Å². The summed E-state index contributed by atoms with van der Waals surface area (Å²) in [4.78, 5) is 29.3. The van der Waals surface area contributed by atoms with Gasteiger partial charge in [-0.1, -0.05) is 83.4 Å². The molecule has 0 bridgehead atoms. The van der Waals surface area contributed by atoms with Crippen LogP contribution in [0.2, 0.25) is 10.0 Å². The highest BCUT2D eigenvalue weighted by molar-refractivity contribution is 7.92. The van der Waals surface area contributed by atoms with Crippen molar-refractivity contribution in [3.63, 3.8) is 0 Å². The van der Waals surface area contributed by atoms with Gasteiger partial charge in [-0.3, -0.25) is 13.9 Å². The van der Waals surface area contributed by atoms with Gasteiger partial charge >= 0.3 is 0 Å². The second-order valence-corrected chi connectivity index (χ2v) is 13.6. The molecular weight excluding hydrogens is 569 g/mol. The Kier molecular flexibility index (Phi) is 10.3. The van der Waals surface area contributed by atoms with E-state index >= 15 is 0 Å². The van der Waals surface area contributed by atoms with Crippen LogP contribution < -0.4 is 9.62 Å². The molecule has 0 aliphatic heterocycles. The van der Waals surface area contributed by atoms with E-state index in [1.807, 2.05) is 82.3 Å². The Morgan fingerprint density at radius 2 is 1.55 bits per heavy atom. The molecule has 0 aliphatic rings. The first kappa shape index (κ1) is 31.5. The summed E-state index contributed by atoms with van der Waals surface area (Å²) in [6.45, 7) is 7.10. The summed E-state index contributed by atoms with van der Waals surface area (Å²) in [5.41, 5.74) is 2.28. The molecule has 7 nitrogen and oxygen atoms in total. The van der Waals surface area contributed by atoms with Crippen LogP contribution in [0.1, 0.15) is 37.5 Å². The molecule has 0 aromatic heterocycles. The van der Waals surface area contributed by atoms with Gasteiger partial charge in [0.1, 0.15) is 12.6 Å². The number of hydrogen-bond acceptors (Lipinski definition) is 4. The highest BCUT2D eigenvalue weighted by atomic mass is 35.5. The van der Waals surface area contributed by atoms with Crippen LogP contribution in [0.4, 0.5) is 5.69 Å². The van der Waals surface area contributed by atoms with Gasteiger partial charge in [0.25, 0.3) is 0 Å². The lowest BCUT2D eigenvalue weighted by Gasteiger charge is -2.35. The van der Waals surface area contributed by atoms with Crippen LogP contribution in [-0.2, 0) is 32.6 Å². The van der Waals surface area contributed by atoms with Gasteiger partial charge in [0.05, 0.1) is 17.0 Å². The number of anilines is 1. The molecule has 0 unspecified atom stereocenters. The number of carbonyl (C=O) groups excluding carboxylic acids is 2. The van der Waals surface area contributed by atoms with Gasteiger partial charge in [-0.25, -0.2) is 8.42 Å². The SMILES string of the molecule is Cc1ccc(CN(C(=O)CN(c2ccc(Cl)cc2Cl)S(C)(=O)=O)[C@@H](Cc2ccccc2)C(=O)NC(C)(C)C)cc1. The lowest BCUT2D eigenvalue weighted by molar-refractivity contribution is -0.140. The van der Waals surface area contributed by atoms with Crippen molar-refractivity contribution in [1.29, 1.82) is 0 Å². The summed E-state index contributed by atoms with van der Waals surface area (Å²) < 4.78 is 26.7. The first-order valence-corrected chi connectivity index (χ1v) is 15.4. The van der Waals surface area contributed by atoms with Gasteiger partial charge in [-0.2, -0.15) is 0 Å². The van der Waals surface area contributed by atoms with Crippen molar-refractivity contribution in [3.8, 4) is 0 Å². The smallest absolute Gasteiger partial charge is 0.244 e. The number of benzene rings is 3. The molecule has 214 valence electrons. The summed E-state index contributed by atoms with van der Waals surface area (Å²) in [5, 5.41) is 3.42. The standard InChI is InChI=1S/C30H35Cl2N3O4S/c1-21-11-13-23(14-12-21)19-34(27(29(37)33-30(2,3)4)17-22-9-7-6-8-10-22)28(36)20-35(40(5,38)39)26-16-15-24(31)18-25(26)32/h6-16,18,27H,17,19-20H2,1-5H3,(H,33,37)/t27-/m0/s1. The van der Waals surface area contributed by atoms with E-state index in [9.17, 15) is 18.0 Å². The average molecular weight is 605 g/mol. The van der Waals surface area contributed by atoms with Crippen LogP contribution in [0.25, 0.3) is 0 Å². The lowest BCUT2D eigenvalue weighted by Crippen LogP contribution is -2.56. The molecule has 3 aromatic carbocycles. The molecule has 0 aliphatic carbocycles. The van der Waals surface area contributed by atoms with Crippen LogP contribution in [0.15, 0.2) is 72.8 Å². The molecule has 0 saturated carbocycles. The van der Waals surface area contributed by atoms with Crippen molar-refractivity contribution in [2.24, 2.45) is 0 Å². The lowest BCUT2D eigenvalue weighted by atomic mass is 10.0. The largest absolute Gasteiger partial charge is 0.350 e. The van der Waals surface area contributed by atoms with E-state index < -0.39 is 34.1 Å². The Balaban J connectivity index is 2.09. The summed E-state index contributed by atoms with van der Waals surface area (Å²) in [7, 11) is -3.94. The normalized spacial score (nSPS) is 12.5. The maximum atomic E-state index is 14.1. The Labute approximate surface area is 247 Å². The van der Waals surface area contributed by atoms with Crippen molar-refractivity contribution < 1.29 is 18.0 Å². The molecule has 40 heavy (non-hydrogen) atoms. The van der Waals surface area contributed by atoms with Crippen molar-refractivity contribution in [2.75, 3.05) is 17.1 Å². The second-order valence-electron chi connectivity index (χ2n) is 10.8. The van der Waals surface area contributed by atoms with Gasteiger partial charge in [0.15, 0.2) is 0 Å². The number of sulfonamides is 1. The zero-order valence-electron chi connectivity index (χ0n) is 23.3. The number of halogens is 2. The van der Waals surface area contributed by atoms with E-state index in [0.717, 1.165) is 27.3 Å². The number of aryl methyl sites for hydroxylation is 1. The molecule has 1 atom stereocenters. The molecule has 2 amide bonds. The highest BCUT2D eigenvalue weighted by Crippen LogP contribution is 2.30. The van der Waals surface area contributed by atoms with Crippen LogP contribution in [0.3, 0.4) is 0 Å². The van der Waals surface area contributed by atoms with Gasteiger partial charge in [0, 0.05) is 23.5 Å². The number of amides is 2. The first-order chi connectivity index (χ1) is 18.6. The molecule has 0 fully saturated rings. The Bertz CT molecular complexity index is 1440. The van der Waals surface area contributed by atoms with E-state index in [2.05, 4.69) is 5.32 Å². The minimum absolute atomic E-state index is 0.0853. The third-order valence-electron chi connectivity index (χ3n) is 6.10. The summed E-state index contributed by atoms with van der Waals surface area (Å²) in [5.74, 6) is -0.894. The van der Waals surface area contributed by atoms with Gasteiger partial charge in [0.2, 0.25) is 21.8 Å². The third kappa shape index (κ3) is 8.98. The Morgan fingerprint density at radius 3 is 2.10 bits per heavy atom. The molecule has 3 aromatic rings. The maximum absolute atomic E-state index is 14.1. The minimum atomic E-state index is -3.94. The number of nitrogens with zero attached hydrogens (tertiary/aromatic N) is 2. The Hall–Kier alpha value is -3.07. The number of carbonyl (C=O) groups is 2. The van der Waals surface area contributed by atoms with Gasteiger partial charge < -0.3 is 10.2 Å². The van der Waals surface area contributed by atoms with Crippen LogP contribution >= 0.6 is 23.2 Å². The molecule has 10 heteroatoms. The fourth-order valence-electron chi connectivity index (χ4n) is 4.18. The fraction of sp³-hybridized carbons (Fsp3) is 0.333. The Morgan fingerprint density at radius 1 is 0.925 bits per heavy atom. The second kappa shape index (κ2) is 13.1. The van der Waals surface area contributed by atoms with Crippen molar-refractivity contribution >= 4 is 50.7 Å². The quantitative estimate of drug-likeness (QED) is 0.326. The van der Waals surface area contributed by atoms with Crippen molar-refractivity contribution in [1.82, 2.24) is 10.2 Å². The number of hydrogen-bond donors (Lipinski definition) is 1. The number of rotatable bonds is 10. The predicted octanol–water partition coefficient (Wildman–Crippen LogP) is 5.62. The van der Waals surface area contributed by atoms with E-state index in [1.165, 1.54) is 23.1 Å². The summed E-state index contributed by atoms with van der Waals surface area (Å²) in [6, 6.07) is 20.5. The highest BCUT2D eigenvalue weighted by Gasteiger charge is 2.34. The zero-order valence-corrected chi connectivity index (χ0v) is 25.6. The molecule has 0 heterocycles. The van der Waals surface area contributed by atoms with Crippen molar-refractivity contribution in [3.05, 3.63) is 99.5 Å². The fourth-order valence-corrected chi connectivity index (χ4v) is 5.60. The average Bonchev–Trinajstić information content (AvgIpc) is 2.85. The summed E-state index contributed by atoms with van der Waals surface area (Å²) in [6.07, 6.45) is 1.24. The topological polar surface area (TPSA) is 86.8 Å². The molecule has 0 spiro atoms. The van der Waals surface area contributed by atoms with Crippen LogP contribution in [-0.4, -0.2) is 49.5 Å². The molecular formula is C30H35Cl2N3O4S. The molecule has 1 N–H and O–H groups in total. The zero-order chi connectivity index (χ0) is 29.7. The van der Waals surface area contributed by atoms with E-state index in [0.29, 0.717) is 5.02 Å². The summed E-state index contributed by atoms with van der Waals surface area (Å²) >= 11 is 12.4.